The molecule has 3 rings (SSSR count). The van der Waals surface area contributed by atoms with Crippen LogP contribution in [0.1, 0.15) is 41.1 Å². The van der Waals surface area contributed by atoms with Crippen molar-refractivity contribution in [3.63, 3.8) is 0 Å². The molecule has 6 nitrogen and oxygen atoms in total. The van der Waals surface area contributed by atoms with E-state index in [-0.39, 0.29) is 18.4 Å². The number of rotatable bonds is 9. The molecule has 0 spiro atoms. The SMILES string of the molecule is COC(=O)Cc1cccc(CC(C)NCC(O)c2ccc(-n3c(C)ccc3C)nc2)c1. The van der Waals surface area contributed by atoms with Crippen LogP contribution in [0.2, 0.25) is 0 Å². The van der Waals surface area contributed by atoms with E-state index in [1.807, 2.05) is 50.2 Å². The Labute approximate surface area is 183 Å². The third-order valence-electron chi connectivity index (χ3n) is 5.42. The Bertz CT molecular complexity index is 992. The van der Waals surface area contributed by atoms with Crippen molar-refractivity contribution in [1.82, 2.24) is 14.9 Å². The summed E-state index contributed by atoms with van der Waals surface area (Å²) < 4.78 is 6.82. The van der Waals surface area contributed by atoms with E-state index in [2.05, 4.69) is 33.9 Å². The van der Waals surface area contributed by atoms with Crippen LogP contribution in [0.5, 0.6) is 0 Å². The molecule has 1 aromatic carbocycles. The van der Waals surface area contributed by atoms with Crippen molar-refractivity contribution in [3.05, 3.63) is 82.8 Å². The first-order valence-electron chi connectivity index (χ1n) is 10.5. The van der Waals surface area contributed by atoms with Gasteiger partial charge in [-0.1, -0.05) is 30.3 Å². The van der Waals surface area contributed by atoms with Gasteiger partial charge in [-0.05, 0) is 56.5 Å². The Morgan fingerprint density at radius 2 is 1.84 bits per heavy atom. The molecule has 0 aliphatic rings. The van der Waals surface area contributed by atoms with Gasteiger partial charge in [-0.2, -0.15) is 0 Å². The molecule has 2 heterocycles. The molecule has 3 aromatic rings. The number of aromatic nitrogens is 2. The number of hydrogen-bond acceptors (Lipinski definition) is 5. The highest BCUT2D eigenvalue weighted by Crippen LogP contribution is 2.17. The zero-order chi connectivity index (χ0) is 22.4. The minimum atomic E-state index is -0.637. The first-order valence-corrected chi connectivity index (χ1v) is 10.5. The lowest BCUT2D eigenvalue weighted by atomic mass is 10.0. The normalized spacial score (nSPS) is 13.1. The predicted molar refractivity (Wildman–Crippen MR) is 121 cm³/mol. The van der Waals surface area contributed by atoms with Gasteiger partial charge in [0.1, 0.15) is 5.82 Å². The highest BCUT2D eigenvalue weighted by molar-refractivity contribution is 5.72. The average Bonchev–Trinajstić information content (AvgIpc) is 3.10. The number of nitrogens with zero attached hydrogens (tertiary/aromatic N) is 2. The van der Waals surface area contributed by atoms with E-state index >= 15 is 0 Å². The van der Waals surface area contributed by atoms with Gasteiger partial charge in [0.15, 0.2) is 0 Å². The van der Waals surface area contributed by atoms with Crippen LogP contribution in [-0.4, -0.2) is 40.3 Å². The van der Waals surface area contributed by atoms with Crippen molar-refractivity contribution in [2.45, 2.75) is 45.8 Å². The summed E-state index contributed by atoms with van der Waals surface area (Å²) in [5.74, 6) is 0.609. The minimum absolute atomic E-state index is 0.167. The van der Waals surface area contributed by atoms with Crippen LogP contribution in [0.15, 0.2) is 54.7 Å². The van der Waals surface area contributed by atoms with E-state index in [9.17, 15) is 9.90 Å². The molecule has 2 atom stereocenters. The molecule has 0 fully saturated rings. The van der Waals surface area contributed by atoms with Crippen LogP contribution in [-0.2, 0) is 22.4 Å². The van der Waals surface area contributed by atoms with Crippen LogP contribution < -0.4 is 5.32 Å². The highest BCUT2D eigenvalue weighted by Gasteiger charge is 2.12. The van der Waals surface area contributed by atoms with Crippen LogP contribution in [0.25, 0.3) is 5.82 Å². The smallest absolute Gasteiger partial charge is 0.309 e. The van der Waals surface area contributed by atoms with Crippen LogP contribution in [0, 0.1) is 13.8 Å². The Morgan fingerprint density at radius 1 is 1.13 bits per heavy atom. The lowest BCUT2D eigenvalue weighted by molar-refractivity contribution is -0.139. The number of benzene rings is 1. The summed E-state index contributed by atoms with van der Waals surface area (Å²) in [7, 11) is 1.40. The number of aliphatic hydroxyl groups excluding tert-OH is 1. The molecule has 31 heavy (non-hydrogen) atoms. The Morgan fingerprint density at radius 3 is 2.48 bits per heavy atom. The molecular formula is C25H31N3O3. The molecule has 0 saturated heterocycles. The minimum Gasteiger partial charge on any atom is -0.469 e. The second kappa shape index (κ2) is 10.4. The van der Waals surface area contributed by atoms with Gasteiger partial charge >= 0.3 is 5.97 Å². The molecule has 0 radical (unpaired) electrons. The zero-order valence-corrected chi connectivity index (χ0v) is 18.6. The summed E-state index contributed by atoms with van der Waals surface area (Å²) in [6, 6.07) is 16.1. The zero-order valence-electron chi connectivity index (χ0n) is 18.6. The lowest BCUT2D eigenvalue weighted by Gasteiger charge is -2.18. The number of hydrogen-bond donors (Lipinski definition) is 2. The Balaban J connectivity index is 1.54. The maximum atomic E-state index is 11.5. The number of nitrogens with one attached hydrogen (secondary N) is 1. The highest BCUT2D eigenvalue weighted by atomic mass is 16.5. The molecule has 164 valence electrons. The number of methoxy groups -OCH3 is 1. The van der Waals surface area contributed by atoms with E-state index in [4.69, 9.17) is 4.74 Å². The van der Waals surface area contributed by atoms with Crippen LogP contribution in [0.3, 0.4) is 0 Å². The topological polar surface area (TPSA) is 76.4 Å². The molecule has 2 aromatic heterocycles. The van der Waals surface area contributed by atoms with Gasteiger partial charge in [0.25, 0.3) is 0 Å². The van der Waals surface area contributed by atoms with Crippen molar-refractivity contribution in [3.8, 4) is 5.82 Å². The number of carbonyl (C=O) groups is 1. The van der Waals surface area contributed by atoms with Crippen molar-refractivity contribution >= 4 is 5.97 Å². The van der Waals surface area contributed by atoms with E-state index in [0.29, 0.717) is 6.54 Å². The molecule has 0 aliphatic heterocycles. The second-order valence-corrected chi connectivity index (χ2v) is 8.00. The molecule has 2 unspecified atom stereocenters. The number of aryl methyl sites for hydroxylation is 2. The number of ether oxygens (including phenoxy) is 1. The van der Waals surface area contributed by atoms with Gasteiger partial charge in [0.2, 0.25) is 0 Å². The summed E-state index contributed by atoms with van der Waals surface area (Å²) >= 11 is 0. The molecule has 6 heteroatoms. The van der Waals surface area contributed by atoms with Crippen LogP contribution in [0.4, 0.5) is 0 Å². The molecule has 2 N–H and O–H groups in total. The number of carbonyl (C=O) groups excluding carboxylic acids is 1. The van der Waals surface area contributed by atoms with Gasteiger partial charge in [-0.25, -0.2) is 4.98 Å². The summed E-state index contributed by atoms with van der Waals surface area (Å²) in [4.78, 5) is 16.0. The molecule has 0 amide bonds. The van der Waals surface area contributed by atoms with Crippen LogP contribution >= 0.6 is 0 Å². The van der Waals surface area contributed by atoms with Gasteiger partial charge < -0.3 is 19.7 Å². The van der Waals surface area contributed by atoms with E-state index in [1.54, 1.807) is 6.20 Å². The monoisotopic (exact) mass is 421 g/mol. The fourth-order valence-corrected chi connectivity index (χ4v) is 3.72. The molecule has 0 aliphatic carbocycles. The summed E-state index contributed by atoms with van der Waals surface area (Å²) in [6.45, 7) is 6.62. The van der Waals surface area contributed by atoms with Gasteiger partial charge in [-0.15, -0.1) is 0 Å². The largest absolute Gasteiger partial charge is 0.469 e. The summed E-state index contributed by atoms with van der Waals surface area (Å²) in [6.07, 6.45) is 2.17. The van der Waals surface area contributed by atoms with E-state index in [0.717, 1.165) is 40.3 Å². The van der Waals surface area contributed by atoms with E-state index < -0.39 is 6.10 Å². The maximum absolute atomic E-state index is 11.5. The lowest BCUT2D eigenvalue weighted by Crippen LogP contribution is -2.32. The maximum Gasteiger partial charge on any atom is 0.309 e. The first kappa shape index (κ1) is 22.7. The summed E-state index contributed by atoms with van der Waals surface area (Å²) in [5.41, 5.74) is 5.12. The number of aliphatic hydroxyl groups is 1. The Hall–Kier alpha value is -2.96. The van der Waals surface area contributed by atoms with Crippen molar-refractivity contribution < 1.29 is 14.6 Å². The quantitative estimate of drug-likeness (QED) is 0.518. The van der Waals surface area contributed by atoms with Gasteiger partial charge in [0, 0.05) is 35.7 Å². The first-order chi connectivity index (χ1) is 14.9. The van der Waals surface area contributed by atoms with E-state index in [1.165, 1.54) is 7.11 Å². The van der Waals surface area contributed by atoms with Crippen molar-refractivity contribution in [1.29, 1.82) is 0 Å². The fourth-order valence-electron chi connectivity index (χ4n) is 3.72. The molecule has 0 saturated carbocycles. The average molecular weight is 422 g/mol. The third kappa shape index (κ3) is 6.03. The predicted octanol–water partition coefficient (Wildman–Crippen LogP) is 3.46. The standard InChI is InChI=1S/C25H31N3O3/c1-17(12-20-6-5-7-21(13-20)14-25(30)31-4)26-16-23(29)22-10-11-24(27-15-22)28-18(2)8-9-19(28)3/h5-11,13,15,17,23,26,29H,12,14,16H2,1-4H3. The van der Waals surface area contributed by atoms with Crippen molar-refractivity contribution in [2.75, 3.05) is 13.7 Å². The number of esters is 1. The Kier molecular flexibility index (Phi) is 7.60. The van der Waals surface area contributed by atoms with Gasteiger partial charge in [0.05, 0.1) is 19.6 Å². The fraction of sp³-hybridized carbons (Fsp3) is 0.360. The molecular weight excluding hydrogens is 390 g/mol. The number of pyridine rings is 1. The third-order valence-corrected chi connectivity index (χ3v) is 5.42. The summed E-state index contributed by atoms with van der Waals surface area (Å²) in [5, 5.41) is 14.0. The molecule has 0 bridgehead atoms. The van der Waals surface area contributed by atoms with Gasteiger partial charge in [-0.3, -0.25) is 4.79 Å². The van der Waals surface area contributed by atoms with Crippen molar-refractivity contribution in [2.24, 2.45) is 0 Å². The second-order valence-electron chi connectivity index (χ2n) is 8.00.